The summed E-state index contributed by atoms with van der Waals surface area (Å²) < 4.78 is 9.62. The van der Waals surface area contributed by atoms with Crippen molar-refractivity contribution >= 4 is 17.9 Å². The van der Waals surface area contributed by atoms with Crippen LogP contribution in [0.5, 0.6) is 6.01 Å². The van der Waals surface area contributed by atoms with Crippen LogP contribution in [0.2, 0.25) is 0 Å². The number of nitrogens with zero attached hydrogens (tertiary/aromatic N) is 3. The van der Waals surface area contributed by atoms with Crippen molar-refractivity contribution in [3.63, 3.8) is 0 Å². The van der Waals surface area contributed by atoms with Crippen LogP contribution in [0.4, 0.5) is 11.9 Å². The largest absolute Gasteiger partial charge is 0.467 e. The molecule has 0 aliphatic heterocycles. The van der Waals surface area contributed by atoms with Gasteiger partial charge in [0.2, 0.25) is 11.9 Å². The lowest BCUT2D eigenvalue weighted by atomic mass is 10.0. The van der Waals surface area contributed by atoms with Gasteiger partial charge in [0.25, 0.3) is 0 Å². The first-order valence-electron chi connectivity index (χ1n) is 5.86. The van der Waals surface area contributed by atoms with Gasteiger partial charge in [0.1, 0.15) is 6.04 Å². The van der Waals surface area contributed by atoms with Gasteiger partial charge >= 0.3 is 12.0 Å². The third-order valence-corrected chi connectivity index (χ3v) is 2.31. The molecule has 8 heteroatoms. The average molecular weight is 269 g/mol. The standard InChI is InChI=1S/C11H19N5O3/c1-6(2)5-7(8(17)18-3)13-10-14-9(12)15-11(16-10)19-4/h6-7H,5H2,1-4H3,(H3,12,13,14,15,16). The number of rotatable bonds is 6. The number of carbonyl (C=O) groups is 1. The Morgan fingerprint density at radius 3 is 2.53 bits per heavy atom. The summed E-state index contributed by atoms with van der Waals surface area (Å²) in [4.78, 5) is 23.3. The summed E-state index contributed by atoms with van der Waals surface area (Å²) in [7, 11) is 2.75. The second kappa shape index (κ2) is 6.72. The third-order valence-electron chi connectivity index (χ3n) is 2.31. The molecule has 0 spiro atoms. The highest BCUT2D eigenvalue weighted by atomic mass is 16.5. The van der Waals surface area contributed by atoms with Gasteiger partial charge in [-0.2, -0.15) is 15.0 Å². The third kappa shape index (κ3) is 4.57. The van der Waals surface area contributed by atoms with Crippen LogP contribution in [0.3, 0.4) is 0 Å². The Balaban J connectivity index is 2.89. The smallest absolute Gasteiger partial charge is 0.328 e. The Labute approximate surface area is 111 Å². The number of anilines is 2. The second-order valence-corrected chi connectivity index (χ2v) is 4.35. The normalized spacial score (nSPS) is 12.1. The molecule has 1 atom stereocenters. The maximum atomic E-state index is 11.7. The van der Waals surface area contributed by atoms with Gasteiger partial charge in [-0.05, 0) is 12.3 Å². The van der Waals surface area contributed by atoms with Crippen molar-refractivity contribution < 1.29 is 14.3 Å². The Morgan fingerprint density at radius 2 is 2.00 bits per heavy atom. The predicted octanol–water partition coefficient (Wildman–Crippen LogP) is 0.462. The van der Waals surface area contributed by atoms with Crippen LogP contribution in [-0.4, -0.2) is 41.2 Å². The van der Waals surface area contributed by atoms with Crippen LogP contribution in [0.25, 0.3) is 0 Å². The monoisotopic (exact) mass is 269 g/mol. The molecule has 1 aromatic heterocycles. The Bertz CT molecular complexity index is 438. The molecule has 1 unspecified atom stereocenters. The van der Waals surface area contributed by atoms with Crippen LogP contribution in [0, 0.1) is 5.92 Å². The zero-order valence-corrected chi connectivity index (χ0v) is 11.5. The van der Waals surface area contributed by atoms with Gasteiger partial charge in [-0.3, -0.25) is 0 Å². The highest BCUT2D eigenvalue weighted by Crippen LogP contribution is 2.13. The van der Waals surface area contributed by atoms with E-state index in [0.717, 1.165) is 0 Å². The minimum Gasteiger partial charge on any atom is -0.467 e. The van der Waals surface area contributed by atoms with Crippen molar-refractivity contribution in [1.29, 1.82) is 0 Å². The molecule has 19 heavy (non-hydrogen) atoms. The summed E-state index contributed by atoms with van der Waals surface area (Å²) in [6.07, 6.45) is 0.584. The average Bonchev–Trinajstić information content (AvgIpc) is 2.35. The molecule has 0 aromatic carbocycles. The Hall–Kier alpha value is -2.12. The lowest BCUT2D eigenvalue weighted by molar-refractivity contribution is -0.141. The van der Waals surface area contributed by atoms with E-state index in [0.29, 0.717) is 12.3 Å². The van der Waals surface area contributed by atoms with E-state index < -0.39 is 6.04 Å². The molecule has 0 saturated heterocycles. The van der Waals surface area contributed by atoms with Crippen molar-refractivity contribution in [2.24, 2.45) is 5.92 Å². The van der Waals surface area contributed by atoms with E-state index in [1.54, 1.807) is 0 Å². The maximum absolute atomic E-state index is 11.7. The first kappa shape index (κ1) is 14.9. The van der Waals surface area contributed by atoms with Crippen LogP contribution in [-0.2, 0) is 9.53 Å². The number of nitrogens with one attached hydrogen (secondary N) is 1. The van der Waals surface area contributed by atoms with Crippen LogP contribution < -0.4 is 15.8 Å². The fourth-order valence-electron chi connectivity index (χ4n) is 1.51. The van der Waals surface area contributed by atoms with E-state index in [9.17, 15) is 4.79 Å². The van der Waals surface area contributed by atoms with E-state index in [2.05, 4.69) is 20.3 Å². The number of carbonyl (C=O) groups excluding carboxylic acids is 1. The Morgan fingerprint density at radius 1 is 1.32 bits per heavy atom. The molecule has 0 aliphatic rings. The quantitative estimate of drug-likeness (QED) is 0.716. The first-order valence-corrected chi connectivity index (χ1v) is 5.86. The molecule has 3 N–H and O–H groups in total. The van der Waals surface area contributed by atoms with Gasteiger partial charge in [-0.25, -0.2) is 4.79 Å². The Kier molecular flexibility index (Phi) is 5.28. The van der Waals surface area contributed by atoms with Gasteiger partial charge < -0.3 is 20.5 Å². The molecule has 8 nitrogen and oxygen atoms in total. The number of esters is 1. The minimum atomic E-state index is -0.545. The zero-order valence-electron chi connectivity index (χ0n) is 11.5. The van der Waals surface area contributed by atoms with E-state index in [4.69, 9.17) is 15.2 Å². The van der Waals surface area contributed by atoms with Crippen molar-refractivity contribution in [2.45, 2.75) is 26.3 Å². The van der Waals surface area contributed by atoms with Crippen molar-refractivity contribution in [3.8, 4) is 6.01 Å². The van der Waals surface area contributed by atoms with Crippen LogP contribution in [0.1, 0.15) is 20.3 Å². The lowest BCUT2D eigenvalue weighted by Crippen LogP contribution is -2.33. The van der Waals surface area contributed by atoms with Crippen molar-refractivity contribution in [1.82, 2.24) is 15.0 Å². The van der Waals surface area contributed by atoms with E-state index in [1.165, 1.54) is 14.2 Å². The molecular weight excluding hydrogens is 250 g/mol. The predicted molar refractivity (Wildman–Crippen MR) is 69.7 cm³/mol. The SMILES string of the molecule is COC(=O)C(CC(C)C)Nc1nc(N)nc(OC)n1. The number of hydrogen-bond donors (Lipinski definition) is 2. The minimum absolute atomic E-state index is 0.0162. The number of nitrogens with two attached hydrogens (primary N) is 1. The topological polar surface area (TPSA) is 112 Å². The fourth-order valence-corrected chi connectivity index (χ4v) is 1.51. The first-order chi connectivity index (χ1) is 8.96. The van der Waals surface area contributed by atoms with Gasteiger partial charge in [-0.1, -0.05) is 13.8 Å². The number of nitrogen functional groups attached to an aromatic ring is 1. The molecule has 0 amide bonds. The van der Waals surface area contributed by atoms with Gasteiger partial charge in [0.05, 0.1) is 14.2 Å². The molecule has 106 valence electrons. The second-order valence-electron chi connectivity index (χ2n) is 4.35. The fraction of sp³-hybridized carbons (Fsp3) is 0.636. The highest BCUT2D eigenvalue weighted by molar-refractivity contribution is 5.78. The molecule has 0 fully saturated rings. The number of ether oxygens (including phenoxy) is 2. The van der Waals surface area contributed by atoms with E-state index >= 15 is 0 Å². The summed E-state index contributed by atoms with van der Waals surface area (Å²) in [6, 6.07) is -0.459. The molecule has 0 aliphatic carbocycles. The van der Waals surface area contributed by atoms with E-state index in [1.807, 2.05) is 13.8 Å². The summed E-state index contributed by atoms with van der Waals surface area (Å²) >= 11 is 0. The van der Waals surface area contributed by atoms with Gasteiger partial charge in [-0.15, -0.1) is 0 Å². The summed E-state index contributed by atoms with van der Waals surface area (Å²) in [6.45, 7) is 4.00. The molecular formula is C11H19N5O3. The summed E-state index contributed by atoms with van der Waals surface area (Å²) in [5.74, 6) is 0.118. The van der Waals surface area contributed by atoms with Crippen molar-refractivity contribution in [2.75, 3.05) is 25.3 Å². The molecule has 0 radical (unpaired) electrons. The molecule has 1 aromatic rings. The highest BCUT2D eigenvalue weighted by Gasteiger charge is 2.21. The molecule has 0 bridgehead atoms. The molecule has 1 heterocycles. The lowest BCUT2D eigenvalue weighted by Gasteiger charge is -2.18. The van der Waals surface area contributed by atoms with E-state index in [-0.39, 0.29) is 23.9 Å². The maximum Gasteiger partial charge on any atom is 0.328 e. The van der Waals surface area contributed by atoms with Crippen LogP contribution in [0.15, 0.2) is 0 Å². The number of hydrogen-bond acceptors (Lipinski definition) is 8. The van der Waals surface area contributed by atoms with Crippen LogP contribution >= 0.6 is 0 Å². The van der Waals surface area contributed by atoms with Crippen molar-refractivity contribution in [3.05, 3.63) is 0 Å². The summed E-state index contributed by atoms with van der Waals surface area (Å²) in [5.41, 5.74) is 5.52. The molecule has 0 saturated carbocycles. The molecule has 1 rings (SSSR count). The zero-order chi connectivity index (χ0) is 14.4. The summed E-state index contributed by atoms with van der Waals surface area (Å²) in [5, 5.41) is 2.88. The van der Waals surface area contributed by atoms with Gasteiger partial charge in [0.15, 0.2) is 0 Å². The number of methoxy groups -OCH3 is 2. The number of aromatic nitrogens is 3. The van der Waals surface area contributed by atoms with Gasteiger partial charge in [0, 0.05) is 0 Å².